The Bertz CT molecular complexity index is 1070. The van der Waals surface area contributed by atoms with E-state index in [0.29, 0.717) is 16.7 Å². The van der Waals surface area contributed by atoms with Gasteiger partial charge >= 0.3 is 0 Å². The van der Waals surface area contributed by atoms with E-state index < -0.39 is 17.0 Å². The molecular formula is C21H22ClF2N5OS. The molecular weight excluding hydrogens is 444 g/mol. The third kappa shape index (κ3) is 5.41. The average molecular weight is 466 g/mol. The Hall–Kier alpha value is -2.49. The highest BCUT2D eigenvalue weighted by molar-refractivity contribution is 8.00. The quantitative estimate of drug-likeness (QED) is 0.501. The number of hydrogen-bond donors (Lipinski definition) is 1. The molecule has 31 heavy (non-hydrogen) atoms. The first-order chi connectivity index (χ1) is 14.7. The maximum absolute atomic E-state index is 14.0. The second-order valence-electron chi connectivity index (χ2n) is 7.17. The van der Waals surface area contributed by atoms with Crippen LogP contribution in [0.15, 0.2) is 47.6 Å². The minimum Gasteiger partial charge on any atom is -0.323 e. The zero-order chi connectivity index (χ0) is 22.7. The first kappa shape index (κ1) is 23.2. The van der Waals surface area contributed by atoms with E-state index in [0.717, 1.165) is 6.07 Å². The molecule has 6 nitrogen and oxygen atoms in total. The normalized spacial score (nSPS) is 13.3. The van der Waals surface area contributed by atoms with Gasteiger partial charge in [0.25, 0.3) is 0 Å². The molecule has 2 atom stereocenters. The van der Waals surface area contributed by atoms with Gasteiger partial charge < -0.3 is 5.32 Å². The number of rotatable bonds is 7. The van der Waals surface area contributed by atoms with Gasteiger partial charge in [-0.3, -0.25) is 14.3 Å². The molecule has 0 aliphatic heterocycles. The Labute approximate surface area is 188 Å². The summed E-state index contributed by atoms with van der Waals surface area (Å²) in [5, 5.41) is 11.2. The van der Waals surface area contributed by atoms with Gasteiger partial charge in [0.1, 0.15) is 11.6 Å². The summed E-state index contributed by atoms with van der Waals surface area (Å²) in [6.45, 7) is 3.66. The SMILES string of the molecule is CC(Sc1nnc(C(C)N(C)C)n1-c1ccc(F)cc1)C(=O)Nc1ccc(Cl)cc1F. The molecule has 1 amide bonds. The van der Waals surface area contributed by atoms with E-state index in [-0.39, 0.29) is 22.6 Å². The molecule has 2 unspecified atom stereocenters. The molecule has 164 valence electrons. The van der Waals surface area contributed by atoms with Crippen LogP contribution in [0.5, 0.6) is 0 Å². The molecule has 10 heteroatoms. The summed E-state index contributed by atoms with van der Waals surface area (Å²) in [6, 6.07) is 9.92. The summed E-state index contributed by atoms with van der Waals surface area (Å²) in [6.07, 6.45) is 0. The van der Waals surface area contributed by atoms with Crippen LogP contribution < -0.4 is 5.32 Å². The fourth-order valence-electron chi connectivity index (χ4n) is 2.73. The summed E-state index contributed by atoms with van der Waals surface area (Å²) in [5.74, 6) is -0.724. The lowest BCUT2D eigenvalue weighted by Crippen LogP contribution is -2.24. The second-order valence-corrected chi connectivity index (χ2v) is 8.91. The van der Waals surface area contributed by atoms with Gasteiger partial charge in [-0.15, -0.1) is 10.2 Å². The molecule has 0 aliphatic rings. The number of halogens is 3. The van der Waals surface area contributed by atoms with Crippen molar-refractivity contribution >= 4 is 35.0 Å². The highest BCUT2D eigenvalue weighted by atomic mass is 35.5. The fraction of sp³-hybridized carbons (Fsp3) is 0.286. The van der Waals surface area contributed by atoms with Crippen molar-refractivity contribution in [3.63, 3.8) is 0 Å². The number of hydrogen-bond acceptors (Lipinski definition) is 5. The van der Waals surface area contributed by atoms with Crippen molar-refractivity contribution in [3.8, 4) is 5.69 Å². The number of amides is 1. The highest BCUT2D eigenvalue weighted by Gasteiger charge is 2.25. The third-order valence-electron chi connectivity index (χ3n) is 4.73. The zero-order valence-electron chi connectivity index (χ0n) is 17.4. The molecule has 0 radical (unpaired) electrons. The van der Waals surface area contributed by atoms with Gasteiger partial charge in [0, 0.05) is 10.7 Å². The number of anilines is 1. The smallest absolute Gasteiger partial charge is 0.237 e. The van der Waals surface area contributed by atoms with E-state index in [9.17, 15) is 13.6 Å². The largest absolute Gasteiger partial charge is 0.323 e. The topological polar surface area (TPSA) is 63.1 Å². The molecule has 0 saturated heterocycles. The predicted octanol–water partition coefficient (Wildman–Crippen LogP) is 4.94. The lowest BCUT2D eigenvalue weighted by atomic mass is 10.2. The maximum atomic E-state index is 14.0. The predicted molar refractivity (Wildman–Crippen MR) is 119 cm³/mol. The molecule has 0 saturated carbocycles. The minimum absolute atomic E-state index is 0.0452. The molecule has 0 spiro atoms. The van der Waals surface area contributed by atoms with Crippen LogP contribution in [0.2, 0.25) is 5.02 Å². The zero-order valence-corrected chi connectivity index (χ0v) is 19.0. The van der Waals surface area contributed by atoms with Gasteiger partial charge in [-0.1, -0.05) is 23.4 Å². The van der Waals surface area contributed by atoms with Crippen molar-refractivity contribution in [2.75, 3.05) is 19.4 Å². The van der Waals surface area contributed by atoms with Crippen LogP contribution in [0, 0.1) is 11.6 Å². The standard InChI is InChI=1S/C21H22ClF2N5OS/c1-12(28(3)4)19-26-27-21(29(19)16-8-6-15(23)7-9-16)31-13(2)20(30)25-18-10-5-14(22)11-17(18)24/h5-13H,1-4H3,(H,25,30). The number of nitrogens with one attached hydrogen (secondary N) is 1. The van der Waals surface area contributed by atoms with Crippen LogP contribution in [0.25, 0.3) is 5.69 Å². The average Bonchev–Trinajstić information content (AvgIpc) is 3.13. The molecule has 2 aromatic carbocycles. The molecule has 0 aliphatic carbocycles. The summed E-state index contributed by atoms with van der Waals surface area (Å²) >= 11 is 6.93. The Kier molecular flexibility index (Phi) is 7.30. The summed E-state index contributed by atoms with van der Waals surface area (Å²) in [7, 11) is 3.83. The summed E-state index contributed by atoms with van der Waals surface area (Å²) < 4.78 is 29.3. The molecule has 1 N–H and O–H groups in total. The number of benzene rings is 2. The van der Waals surface area contributed by atoms with Crippen molar-refractivity contribution in [2.24, 2.45) is 0 Å². The molecule has 1 heterocycles. The van der Waals surface area contributed by atoms with E-state index >= 15 is 0 Å². The number of carbonyl (C=O) groups excluding carboxylic acids is 1. The van der Waals surface area contributed by atoms with Gasteiger partial charge in [0.15, 0.2) is 11.0 Å². The molecule has 3 rings (SSSR count). The molecule has 0 bridgehead atoms. The highest BCUT2D eigenvalue weighted by Crippen LogP contribution is 2.30. The van der Waals surface area contributed by atoms with E-state index in [1.165, 1.54) is 36.0 Å². The van der Waals surface area contributed by atoms with Crippen molar-refractivity contribution in [1.82, 2.24) is 19.7 Å². The third-order valence-corrected chi connectivity index (χ3v) is 6.01. The summed E-state index contributed by atoms with van der Waals surface area (Å²) in [4.78, 5) is 14.6. The van der Waals surface area contributed by atoms with Crippen molar-refractivity contribution in [2.45, 2.75) is 30.3 Å². The van der Waals surface area contributed by atoms with E-state index in [4.69, 9.17) is 11.6 Å². The van der Waals surface area contributed by atoms with Crippen LogP contribution in [0.4, 0.5) is 14.5 Å². The van der Waals surface area contributed by atoms with Gasteiger partial charge in [-0.25, -0.2) is 8.78 Å². The maximum Gasteiger partial charge on any atom is 0.237 e. The summed E-state index contributed by atoms with van der Waals surface area (Å²) in [5.41, 5.74) is 0.720. The number of nitrogens with zero attached hydrogens (tertiary/aromatic N) is 4. The Morgan fingerprint density at radius 3 is 2.42 bits per heavy atom. The number of carbonyl (C=O) groups is 1. The van der Waals surface area contributed by atoms with Crippen LogP contribution >= 0.6 is 23.4 Å². The first-order valence-electron chi connectivity index (χ1n) is 9.47. The minimum atomic E-state index is -0.616. The number of aromatic nitrogens is 3. The Morgan fingerprint density at radius 2 is 1.81 bits per heavy atom. The van der Waals surface area contributed by atoms with Gasteiger partial charge in [-0.05, 0) is 70.4 Å². The van der Waals surface area contributed by atoms with E-state index in [1.807, 2.05) is 25.9 Å². The van der Waals surface area contributed by atoms with Gasteiger partial charge in [0.2, 0.25) is 5.91 Å². The number of thioether (sulfide) groups is 1. The lowest BCUT2D eigenvalue weighted by molar-refractivity contribution is -0.115. The van der Waals surface area contributed by atoms with Gasteiger partial charge in [0.05, 0.1) is 17.0 Å². The van der Waals surface area contributed by atoms with Crippen molar-refractivity contribution in [1.29, 1.82) is 0 Å². The van der Waals surface area contributed by atoms with Crippen molar-refractivity contribution in [3.05, 3.63) is 64.9 Å². The fourth-order valence-corrected chi connectivity index (χ4v) is 3.76. The van der Waals surface area contributed by atoms with Gasteiger partial charge in [-0.2, -0.15) is 0 Å². The van der Waals surface area contributed by atoms with Crippen LogP contribution in [0.3, 0.4) is 0 Å². The Morgan fingerprint density at radius 1 is 1.13 bits per heavy atom. The van der Waals surface area contributed by atoms with Crippen LogP contribution in [0.1, 0.15) is 25.7 Å². The lowest BCUT2D eigenvalue weighted by Gasteiger charge is -2.21. The van der Waals surface area contributed by atoms with Crippen LogP contribution in [-0.2, 0) is 4.79 Å². The van der Waals surface area contributed by atoms with E-state index in [2.05, 4.69) is 15.5 Å². The molecule has 3 aromatic rings. The first-order valence-corrected chi connectivity index (χ1v) is 10.7. The molecule has 1 aromatic heterocycles. The van der Waals surface area contributed by atoms with Crippen LogP contribution in [-0.4, -0.2) is 44.9 Å². The molecule has 0 fully saturated rings. The monoisotopic (exact) mass is 465 g/mol. The second kappa shape index (κ2) is 9.76. The Balaban J connectivity index is 1.87. The van der Waals surface area contributed by atoms with E-state index in [1.54, 1.807) is 23.6 Å². The van der Waals surface area contributed by atoms with Crippen molar-refractivity contribution < 1.29 is 13.6 Å².